The fourth-order valence-electron chi connectivity index (χ4n) is 2.21. The Morgan fingerprint density at radius 3 is 2.63 bits per heavy atom. The SMILES string of the molecule is CC(=O)NCC1CCN(C(=O)c2ccc(Br)o2)CC1. The van der Waals surface area contributed by atoms with Gasteiger partial charge in [0, 0.05) is 26.6 Å². The van der Waals surface area contributed by atoms with Gasteiger partial charge < -0.3 is 14.6 Å². The number of hydrogen-bond acceptors (Lipinski definition) is 3. The molecule has 0 atom stereocenters. The molecule has 104 valence electrons. The molecule has 1 fully saturated rings. The Hall–Kier alpha value is -1.30. The Balaban J connectivity index is 1.83. The fraction of sp³-hybridized carbons (Fsp3) is 0.538. The van der Waals surface area contributed by atoms with Crippen LogP contribution in [0.5, 0.6) is 0 Å². The van der Waals surface area contributed by atoms with E-state index in [1.807, 2.05) is 0 Å². The van der Waals surface area contributed by atoms with Crippen molar-refractivity contribution in [3.05, 3.63) is 22.6 Å². The smallest absolute Gasteiger partial charge is 0.289 e. The Labute approximate surface area is 120 Å². The quantitative estimate of drug-likeness (QED) is 0.923. The lowest BCUT2D eigenvalue weighted by molar-refractivity contribution is -0.119. The van der Waals surface area contributed by atoms with Gasteiger partial charge in [0.05, 0.1) is 0 Å². The van der Waals surface area contributed by atoms with Crippen LogP contribution in [0.3, 0.4) is 0 Å². The van der Waals surface area contributed by atoms with Crippen LogP contribution in [-0.4, -0.2) is 36.3 Å². The first-order chi connectivity index (χ1) is 9.06. The number of carbonyl (C=O) groups is 2. The van der Waals surface area contributed by atoms with Crippen LogP contribution in [-0.2, 0) is 4.79 Å². The minimum Gasteiger partial charge on any atom is -0.444 e. The lowest BCUT2D eigenvalue weighted by Crippen LogP contribution is -2.41. The summed E-state index contributed by atoms with van der Waals surface area (Å²) in [6, 6.07) is 3.40. The van der Waals surface area contributed by atoms with Crippen LogP contribution in [0.1, 0.15) is 30.3 Å². The van der Waals surface area contributed by atoms with Gasteiger partial charge in [-0.1, -0.05) is 0 Å². The first-order valence-corrected chi connectivity index (χ1v) is 7.14. The minimum absolute atomic E-state index is 0.000980. The van der Waals surface area contributed by atoms with E-state index in [0.717, 1.165) is 12.8 Å². The van der Waals surface area contributed by atoms with E-state index in [1.54, 1.807) is 17.0 Å². The van der Waals surface area contributed by atoms with Gasteiger partial charge >= 0.3 is 0 Å². The average molecular weight is 329 g/mol. The van der Waals surface area contributed by atoms with Crippen LogP contribution < -0.4 is 5.32 Å². The number of hydrogen-bond donors (Lipinski definition) is 1. The predicted octanol–water partition coefficient (Wildman–Crippen LogP) is 2.03. The molecule has 1 aliphatic rings. The highest BCUT2D eigenvalue weighted by Gasteiger charge is 2.25. The topological polar surface area (TPSA) is 62.6 Å². The zero-order chi connectivity index (χ0) is 13.8. The van der Waals surface area contributed by atoms with Crippen molar-refractivity contribution in [2.75, 3.05) is 19.6 Å². The number of likely N-dealkylation sites (tertiary alicyclic amines) is 1. The number of nitrogens with one attached hydrogen (secondary N) is 1. The minimum atomic E-state index is -0.0660. The van der Waals surface area contributed by atoms with Crippen LogP contribution >= 0.6 is 15.9 Å². The normalized spacial score (nSPS) is 16.4. The van der Waals surface area contributed by atoms with Gasteiger partial charge in [-0.05, 0) is 46.8 Å². The van der Waals surface area contributed by atoms with E-state index in [4.69, 9.17) is 4.42 Å². The van der Waals surface area contributed by atoms with Gasteiger partial charge in [-0.3, -0.25) is 9.59 Å². The molecule has 0 aromatic carbocycles. The highest BCUT2D eigenvalue weighted by Crippen LogP contribution is 2.20. The third-order valence-electron chi connectivity index (χ3n) is 3.33. The van der Waals surface area contributed by atoms with E-state index in [-0.39, 0.29) is 11.8 Å². The second-order valence-corrected chi connectivity index (χ2v) is 5.56. The van der Waals surface area contributed by atoms with Crippen molar-refractivity contribution in [2.24, 2.45) is 5.92 Å². The van der Waals surface area contributed by atoms with Gasteiger partial charge in [0.25, 0.3) is 5.91 Å². The van der Waals surface area contributed by atoms with Gasteiger partial charge in [0.15, 0.2) is 10.4 Å². The van der Waals surface area contributed by atoms with Gasteiger partial charge in [-0.15, -0.1) is 0 Å². The molecule has 1 aromatic rings. The first kappa shape index (κ1) is 14.1. The van der Waals surface area contributed by atoms with E-state index in [0.29, 0.717) is 36.0 Å². The van der Waals surface area contributed by atoms with Crippen molar-refractivity contribution in [2.45, 2.75) is 19.8 Å². The first-order valence-electron chi connectivity index (χ1n) is 6.35. The number of nitrogens with zero attached hydrogens (tertiary/aromatic N) is 1. The average Bonchev–Trinajstić information content (AvgIpc) is 2.83. The van der Waals surface area contributed by atoms with Crippen molar-refractivity contribution in [1.29, 1.82) is 0 Å². The molecule has 0 bridgehead atoms. The third-order valence-corrected chi connectivity index (χ3v) is 3.75. The van der Waals surface area contributed by atoms with E-state index in [9.17, 15) is 9.59 Å². The van der Waals surface area contributed by atoms with Crippen molar-refractivity contribution < 1.29 is 14.0 Å². The van der Waals surface area contributed by atoms with Crippen LogP contribution in [0, 0.1) is 5.92 Å². The molecule has 1 N–H and O–H groups in total. The summed E-state index contributed by atoms with van der Waals surface area (Å²) in [5.41, 5.74) is 0. The Morgan fingerprint density at radius 1 is 1.42 bits per heavy atom. The van der Waals surface area contributed by atoms with E-state index >= 15 is 0 Å². The van der Waals surface area contributed by atoms with Gasteiger partial charge in [0.1, 0.15) is 0 Å². The Morgan fingerprint density at radius 2 is 2.11 bits per heavy atom. The van der Waals surface area contributed by atoms with Crippen LogP contribution in [0.4, 0.5) is 0 Å². The zero-order valence-electron chi connectivity index (χ0n) is 10.8. The molecular weight excluding hydrogens is 312 g/mol. The maximum Gasteiger partial charge on any atom is 0.289 e. The molecule has 0 radical (unpaired) electrons. The molecule has 2 amide bonds. The van der Waals surface area contributed by atoms with Crippen molar-refractivity contribution in [3.63, 3.8) is 0 Å². The fourth-order valence-corrected chi connectivity index (χ4v) is 2.52. The summed E-state index contributed by atoms with van der Waals surface area (Å²) in [5, 5.41) is 2.83. The maximum absolute atomic E-state index is 12.1. The number of piperidine rings is 1. The highest BCUT2D eigenvalue weighted by atomic mass is 79.9. The van der Waals surface area contributed by atoms with Crippen molar-refractivity contribution in [1.82, 2.24) is 10.2 Å². The number of halogens is 1. The van der Waals surface area contributed by atoms with Crippen LogP contribution in [0.2, 0.25) is 0 Å². The number of furan rings is 1. The Kier molecular flexibility index (Phi) is 4.63. The summed E-state index contributed by atoms with van der Waals surface area (Å²) in [7, 11) is 0. The highest BCUT2D eigenvalue weighted by molar-refractivity contribution is 9.10. The summed E-state index contributed by atoms with van der Waals surface area (Å²) in [4.78, 5) is 24.8. The van der Waals surface area contributed by atoms with Gasteiger partial charge in [0.2, 0.25) is 5.91 Å². The number of rotatable bonds is 3. The second kappa shape index (κ2) is 6.23. The molecule has 0 aliphatic carbocycles. The van der Waals surface area contributed by atoms with Crippen LogP contribution in [0.15, 0.2) is 21.2 Å². The zero-order valence-corrected chi connectivity index (χ0v) is 12.4. The molecule has 0 spiro atoms. The molecule has 2 heterocycles. The standard InChI is InChI=1S/C13H17BrN2O3/c1-9(17)15-8-10-4-6-16(7-5-10)13(18)11-2-3-12(14)19-11/h2-3,10H,4-8H2,1H3,(H,15,17). The lowest BCUT2D eigenvalue weighted by atomic mass is 9.96. The number of carbonyl (C=O) groups excluding carboxylic acids is 2. The number of amides is 2. The molecule has 0 saturated carbocycles. The molecule has 1 aromatic heterocycles. The third kappa shape index (κ3) is 3.83. The molecule has 6 heteroatoms. The maximum atomic E-state index is 12.1. The van der Waals surface area contributed by atoms with Crippen molar-refractivity contribution >= 4 is 27.7 Å². The summed E-state index contributed by atoms with van der Waals surface area (Å²) in [6.45, 7) is 3.64. The van der Waals surface area contributed by atoms with Crippen molar-refractivity contribution in [3.8, 4) is 0 Å². The lowest BCUT2D eigenvalue weighted by Gasteiger charge is -2.31. The van der Waals surface area contributed by atoms with Gasteiger partial charge in [-0.25, -0.2) is 0 Å². The Bertz CT molecular complexity index is 464. The predicted molar refractivity (Wildman–Crippen MR) is 73.7 cm³/mol. The largest absolute Gasteiger partial charge is 0.444 e. The monoisotopic (exact) mass is 328 g/mol. The molecule has 2 rings (SSSR count). The van der Waals surface area contributed by atoms with Crippen LogP contribution in [0.25, 0.3) is 0 Å². The van der Waals surface area contributed by atoms with E-state index < -0.39 is 0 Å². The second-order valence-electron chi connectivity index (χ2n) is 4.78. The van der Waals surface area contributed by atoms with Gasteiger partial charge in [-0.2, -0.15) is 0 Å². The molecule has 1 saturated heterocycles. The molecular formula is C13H17BrN2O3. The summed E-state index contributed by atoms with van der Waals surface area (Å²) in [5.74, 6) is 0.756. The molecule has 5 nitrogen and oxygen atoms in total. The van der Waals surface area contributed by atoms with E-state index in [2.05, 4.69) is 21.2 Å². The summed E-state index contributed by atoms with van der Waals surface area (Å²) < 4.78 is 5.84. The summed E-state index contributed by atoms with van der Waals surface area (Å²) >= 11 is 3.19. The van der Waals surface area contributed by atoms with E-state index in [1.165, 1.54) is 6.92 Å². The molecule has 0 unspecified atom stereocenters. The summed E-state index contributed by atoms with van der Waals surface area (Å²) in [6.07, 6.45) is 1.82. The molecule has 19 heavy (non-hydrogen) atoms. The molecule has 1 aliphatic heterocycles.